The van der Waals surface area contributed by atoms with E-state index in [9.17, 15) is 22.8 Å². The van der Waals surface area contributed by atoms with Crippen LogP contribution < -0.4 is 10.1 Å². The first-order valence-electron chi connectivity index (χ1n) is 8.61. The van der Waals surface area contributed by atoms with Crippen LogP contribution in [0.15, 0.2) is 66.9 Å². The molecule has 0 unspecified atom stereocenters. The highest BCUT2D eigenvalue weighted by Gasteiger charge is 2.38. The van der Waals surface area contributed by atoms with Gasteiger partial charge < -0.3 is 10.1 Å². The molecular formula is C21H17F3N2O3. The molecule has 1 N–H and O–H groups in total. The van der Waals surface area contributed by atoms with Crippen molar-refractivity contribution in [2.24, 2.45) is 0 Å². The fourth-order valence-electron chi connectivity index (χ4n) is 2.89. The van der Waals surface area contributed by atoms with Crippen LogP contribution in [0, 0.1) is 6.92 Å². The van der Waals surface area contributed by atoms with Crippen molar-refractivity contribution in [3.8, 4) is 5.75 Å². The van der Waals surface area contributed by atoms with Gasteiger partial charge >= 0.3 is 6.36 Å². The van der Waals surface area contributed by atoms with Gasteiger partial charge in [0.2, 0.25) is 0 Å². The number of hydrogen-bond acceptors (Lipinski definition) is 4. The van der Waals surface area contributed by atoms with Gasteiger partial charge in [-0.2, -0.15) is 0 Å². The van der Waals surface area contributed by atoms with Crippen LogP contribution >= 0.6 is 0 Å². The van der Waals surface area contributed by atoms with Crippen molar-refractivity contribution in [1.82, 2.24) is 4.90 Å². The van der Waals surface area contributed by atoms with Crippen molar-refractivity contribution in [2.75, 3.05) is 11.9 Å². The molecule has 0 atom stereocenters. The lowest BCUT2D eigenvalue weighted by Gasteiger charge is -2.13. The Morgan fingerprint density at radius 2 is 1.79 bits per heavy atom. The number of hydrogen-bond donors (Lipinski definition) is 1. The van der Waals surface area contributed by atoms with E-state index in [4.69, 9.17) is 0 Å². The van der Waals surface area contributed by atoms with E-state index in [1.807, 2.05) is 6.92 Å². The minimum Gasteiger partial charge on any atom is -0.406 e. The minimum atomic E-state index is -4.84. The zero-order valence-electron chi connectivity index (χ0n) is 15.4. The summed E-state index contributed by atoms with van der Waals surface area (Å²) in [6, 6.07) is 12.1. The van der Waals surface area contributed by atoms with Crippen molar-refractivity contribution >= 4 is 23.1 Å². The molecule has 8 heteroatoms. The summed E-state index contributed by atoms with van der Waals surface area (Å²) in [6.07, 6.45) is -3.42. The van der Waals surface area contributed by atoms with E-state index in [0.717, 1.165) is 22.6 Å². The highest BCUT2D eigenvalue weighted by Crippen LogP contribution is 2.32. The van der Waals surface area contributed by atoms with E-state index in [0.29, 0.717) is 5.56 Å². The third-order valence-electron chi connectivity index (χ3n) is 4.16. The number of nitrogens with zero attached hydrogens (tertiary/aromatic N) is 1. The molecule has 3 rings (SSSR count). The summed E-state index contributed by atoms with van der Waals surface area (Å²) >= 11 is 0. The zero-order chi connectivity index (χ0) is 21.2. The van der Waals surface area contributed by atoms with E-state index in [-0.39, 0.29) is 23.5 Å². The van der Waals surface area contributed by atoms with E-state index in [2.05, 4.69) is 16.6 Å². The Hall–Kier alpha value is -3.55. The predicted octanol–water partition coefficient (Wildman–Crippen LogP) is 4.27. The number of ether oxygens (including phenoxy) is 1. The van der Waals surface area contributed by atoms with Gasteiger partial charge in [0.15, 0.2) is 0 Å². The Kier molecular flexibility index (Phi) is 5.45. The van der Waals surface area contributed by atoms with Crippen LogP contribution in [0.4, 0.5) is 18.9 Å². The third kappa shape index (κ3) is 4.48. The average molecular weight is 402 g/mol. The first kappa shape index (κ1) is 20.2. The molecule has 29 heavy (non-hydrogen) atoms. The van der Waals surface area contributed by atoms with Crippen LogP contribution in [-0.4, -0.2) is 29.6 Å². The summed E-state index contributed by atoms with van der Waals surface area (Å²) in [5, 5.41) is 2.78. The number of anilines is 1. The quantitative estimate of drug-likeness (QED) is 0.579. The number of rotatable bonds is 6. The molecule has 5 nitrogen and oxygen atoms in total. The molecule has 1 aliphatic rings. The van der Waals surface area contributed by atoms with Gasteiger partial charge in [-0.25, -0.2) is 0 Å². The van der Waals surface area contributed by atoms with E-state index in [1.54, 1.807) is 24.3 Å². The van der Waals surface area contributed by atoms with Crippen LogP contribution in [0.5, 0.6) is 5.75 Å². The van der Waals surface area contributed by atoms with Crippen molar-refractivity contribution in [3.05, 3.63) is 78.0 Å². The molecule has 0 aliphatic carbocycles. The van der Waals surface area contributed by atoms with Crippen LogP contribution in [-0.2, 0) is 9.59 Å². The number of amides is 2. The van der Waals surface area contributed by atoms with Crippen molar-refractivity contribution < 1.29 is 27.5 Å². The number of benzene rings is 2. The number of halogens is 3. The lowest BCUT2D eigenvalue weighted by atomic mass is 10.0. The fraction of sp³-hybridized carbons (Fsp3) is 0.143. The molecule has 1 heterocycles. The van der Waals surface area contributed by atoms with Gasteiger partial charge in [-0.3, -0.25) is 14.5 Å². The lowest BCUT2D eigenvalue weighted by Crippen LogP contribution is -2.32. The second-order valence-corrected chi connectivity index (χ2v) is 6.33. The van der Waals surface area contributed by atoms with Gasteiger partial charge in [0.25, 0.3) is 11.8 Å². The summed E-state index contributed by atoms with van der Waals surface area (Å²) in [5.74, 6) is -1.55. The van der Waals surface area contributed by atoms with E-state index >= 15 is 0 Å². The largest absolute Gasteiger partial charge is 0.573 e. The van der Waals surface area contributed by atoms with Gasteiger partial charge in [-0.15, -0.1) is 19.8 Å². The number of aryl methyl sites for hydroxylation is 1. The number of nitrogens with one attached hydrogen (secondary N) is 1. The Morgan fingerprint density at radius 1 is 1.10 bits per heavy atom. The predicted molar refractivity (Wildman–Crippen MR) is 102 cm³/mol. The summed E-state index contributed by atoms with van der Waals surface area (Å²) in [7, 11) is 0. The molecule has 0 saturated carbocycles. The van der Waals surface area contributed by atoms with Gasteiger partial charge in [-0.1, -0.05) is 42.0 Å². The molecule has 2 amide bonds. The highest BCUT2D eigenvalue weighted by molar-refractivity contribution is 6.36. The average Bonchev–Trinajstić information content (AvgIpc) is 2.86. The molecule has 2 aromatic carbocycles. The Labute approximate surface area is 165 Å². The fourth-order valence-corrected chi connectivity index (χ4v) is 2.89. The van der Waals surface area contributed by atoms with Crippen molar-refractivity contribution in [2.45, 2.75) is 13.3 Å². The Morgan fingerprint density at radius 3 is 2.41 bits per heavy atom. The topological polar surface area (TPSA) is 58.6 Å². The summed E-state index contributed by atoms with van der Waals surface area (Å²) in [5.41, 5.74) is 1.78. The smallest absolute Gasteiger partial charge is 0.406 e. The van der Waals surface area contributed by atoms with E-state index in [1.165, 1.54) is 18.2 Å². The van der Waals surface area contributed by atoms with Gasteiger partial charge in [0, 0.05) is 18.3 Å². The van der Waals surface area contributed by atoms with Gasteiger partial charge in [-0.05, 0) is 24.6 Å². The lowest BCUT2D eigenvalue weighted by molar-refractivity contribution is -0.274. The van der Waals surface area contributed by atoms with Crippen molar-refractivity contribution in [3.63, 3.8) is 0 Å². The van der Waals surface area contributed by atoms with Gasteiger partial charge in [0.1, 0.15) is 11.4 Å². The molecule has 0 bridgehead atoms. The maximum Gasteiger partial charge on any atom is 0.573 e. The maximum absolute atomic E-state index is 12.8. The van der Waals surface area contributed by atoms with E-state index < -0.39 is 23.9 Å². The number of carbonyl (C=O) groups is 2. The minimum absolute atomic E-state index is 0.00936. The van der Waals surface area contributed by atoms with Crippen LogP contribution in [0.3, 0.4) is 0 Å². The maximum atomic E-state index is 12.8. The molecule has 0 aromatic heterocycles. The molecular weight excluding hydrogens is 385 g/mol. The molecule has 0 saturated heterocycles. The summed E-state index contributed by atoms with van der Waals surface area (Å²) in [6.45, 7) is 5.44. The number of alkyl halides is 3. The Bertz CT molecular complexity index is 995. The normalized spacial score (nSPS) is 14.4. The van der Waals surface area contributed by atoms with Crippen LogP contribution in [0.2, 0.25) is 0 Å². The molecule has 0 radical (unpaired) electrons. The molecule has 0 fully saturated rings. The van der Waals surface area contributed by atoms with Crippen molar-refractivity contribution in [1.29, 1.82) is 0 Å². The van der Waals surface area contributed by atoms with Crippen LogP contribution in [0.1, 0.15) is 11.1 Å². The number of carbonyl (C=O) groups excluding carboxylic acids is 2. The molecule has 2 aromatic rings. The summed E-state index contributed by atoms with van der Waals surface area (Å²) < 4.78 is 41.3. The number of imide groups is 1. The molecule has 1 aliphatic heterocycles. The molecule has 0 spiro atoms. The molecule has 150 valence electrons. The first-order chi connectivity index (χ1) is 13.7. The standard InChI is InChI=1S/C21H17F3N2O3/c1-3-11-26-19(27)17(14-9-7-13(2)8-10-14)18(20(26)28)25-15-5-4-6-16(12-15)29-21(22,23)24/h3-10,12,25H,1,11H2,2H3. The van der Waals surface area contributed by atoms with Crippen LogP contribution in [0.25, 0.3) is 5.57 Å². The monoisotopic (exact) mass is 402 g/mol. The zero-order valence-corrected chi connectivity index (χ0v) is 15.4. The summed E-state index contributed by atoms with van der Waals surface area (Å²) in [4.78, 5) is 26.6. The highest BCUT2D eigenvalue weighted by atomic mass is 19.4. The third-order valence-corrected chi connectivity index (χ3v) is 4.16. The van der Waals surface area contributed by atoms with Gasteiger partial charge in [0.05, 0.1) is 5.57 Å². The second kappa shape index (κ2) is 7.83. The SMILES string of the molecule is C=CCN1C(=O)C(Nc2cccc(OC(F)(F)F)c2)=C(c2ccc(C)cc2)C1=O. The first-order valence-corrected chi connectivity index (χ1v) is 8.61. The Balaban J connectivity index is 2.01. The second-order valence-electron chi connectivity index (χ2n) is 6.33.